The zero-order chi connectivity index (χ0) is 14.8. The molecule has 2 aliphatic rings. The molecule has 0 radical (unpaired) electrons. The topological polar surface area (TPSA) is 26.6 Å². The summed E-state index contributed by atoms with van der Waals surface area (Å²) in [6.45, 7) is 3.60. The number of rotatable bonds is 3. The van der Waals surface area contributed by atoms with Gasteiger partial charge in [0, 0.05) is 17.5 Å². The molecule has 0 bridgehead atoms. The van der Waals surface area contributed by atoms with Crippen molar-refractivity contribution in [3.05, 3.63) is 36.5 Å². The molecule has 2 aliphatic heterocycles. The van der Waals surface area contributed by atoms with Crippen LogP contribution in [0.3, 0.4) is 0 Å². The van der Waals surface area contributed by atoms with Crippen LogP contribution in [0.25, 0.3) is 10.9 Å². The molecule has 0 aliphatic carbocycles. The lowest BCUT2D eigenvalue weighted by atomic mass is 9.84. The highest BCUT2D eigenvalue weighted by atomic mass is 16.5. The van der Waals surface area contributed by atoms with Crippen molar-refractivity contribution in [2.45, 2.75) is 38.1 Å². The normalized spacial score (nSPS) is 28.3. The molecule has 2 aromatic rings. The van der Waals surface area contributed by atoms with Crippen molar-refractivity contribution < 1.29 is 9.64 Å². The lowest BCUT2D eigenvalue weighted by molar-refractivity contribution is -0.940. The second-order valence-electron chi connectivity index (χ2n) is 6.81. The number of piperidine rings is 2. The quantitative estimate of drug-likeness (QED) is 0.942. The van der Waals surface area contributed by atoms with Gasteiger partial charge in [0.05, 0.1) is 25.7 Å². The first-order chi connectivity index (χ1) is 10.9. The minimum absolute atomic E-state index is 0.711. The van der Waals surface area contributed by atoms with Gasteiger partial charge < -0.3 is 9.64 Å². The zero-order valence-electron chi connectivity index (χ0n) is 13.1. The van der Waals surface area contributed by atoms with Gasteiger partial charge in [0.25, 0.3) is 0 Å². The van der Waals surface area contributed by atoms with E-state index in [2.05, 4.69) is 29.2 Å². The average molecular weight is 297 g/mol. The fourth-order valence-electron chi connectivity index (χ4n) is 4.37. The zero-order valence-corrected chi connectivity index (χ0v) is 13.1. The molecule has 116 valence electrons. The van der Waals surface area contributed by atoms with E-state index >= 15 is 0 Å². The van der Waals surface area contributed by atoms with E-state index in [0.717, 1.165) is 29.3 Å². The van der Waals surface area contributed by atoms with Gasteiger partial charge in [-0.05, 0) is 44.2 Å². The summed E-state index contributed by atoms with van der Waals surface area (Å²) in [5.74, 6) is 1.66. The van der Waals surface area contributed by atoms with Gasteiger partial charge in [-0.3, -0.25) is 4.98 Å². The minimum atomic E-state index is 0.711. The van der Waals surface area contributed by atoms with Crippen LogP contribution in [0.15, 0.2) is 36.5 Å². The van der Waals surface area contributed by atoms with Crippen LogP contribution >= 0.6 is 0 Å². The highest BCUT2D eigenvalue weighted by molar-refractivity contribution is 5.84. The number of aromatic nitrogens is 1. The number of hydrogen-bond donors (Lipinski definition) is 1. The first-order valence-electron chi connectivity index (χ1n) is 8.73. The molecular formula is C19H25N2O+. The minimum Gasteiger partial charge on any atom is -0.491 e. The highest BCUT2D eigenvalue weighted by Crippen LogP contribution is 2.26. The molecule has 0 spiro atoms. The summed E-state index contributed by atoms with van der Waals surface area (Å²) in [6.07, 6.45) is 8.73. The molecule has 1 N–H and O–H groups in total. The highest BCUT2D eigenvalue weighted by Gasteiger charge is 2.36. The van der Waals surface area contributed by atoms with Crippen LogP contribution in [-0.2, 0) is 0 Å². The summed E-state index contributed by atoms with van der Waals surface area (Å²) >= 11 is 0. The van der Waals surface area contributed by atoms with Gasteiger partial charge in [-0.1, -0.05) is 18.2 Å². The van der Waals surface area contributed by atoms with E-state index in [9.17, 15) is 0 Å². The maximum atomic E-state index is 6.23. The molecular weight excluding hydrogens is 272 g/mol. The fraction of sp³-hybridized carbons (Fsp3) is 0.526. The summed E-state index contributed by atoms with van der Waals surface area (Å²) in [5, 5.41) is 1.16. The predicted molar refractivity (Wildman–Crippen MR) is 88.3 cm³/mol. The Morgan fingerprint density at radius 1 is 1.05 bits per heavy atom. The number of nitrogens with one attached hydrogen (secondary N) is 1. The first-order valence-corrected chi connectivity index (χ1v) is 8.73. The van der Waals surface area contributed by atoms with Crippen LogP contribution in [-0.4, -0.2) is 30.7 Å². The average Bonchev–Trinajstić information content (AvgIpc) is 2.60. The summed E-state index contributed by atoms with van der Waals surface area (Å²) in [4.78, 5) is 6.33. The smallest absolute Gasteiger partial charge is 0.145 e. The number of ether oxygens (including phenoxy) is 1. The van der Waals surface area contributed by atoms with Crippen LogP contribution in [0.4, 0.5) is 0 Å². The number of benzene rings is 1. The van der Waals surface area contributed by atoms with Crippen LogP contribution in [0.1, 0.15) is 32.1 Å². The summed E-state index contributed by atoms with van der Waals surface area (Å²) < 4.78 is 6.23. The Morgan fingerprint density at radius 3 is 2.95 bits per heavy atom. The van der Waals surface area contributed by atoms with Gasteiger partial charge >= 0.3 is 0 Å². The van der Waals surface area contributed by atoms with Crippen molar-refractivity contribution in [1.82, 2.24) is 4.98 Å². The second-order valence-corrected chi connectivity index (χ2v) is 6.81. The molecule has 2 saturated heterocycles. The summed E-state index contributed by atoms with van der Waals surface area (Å²) in [5.41, 5.74) is 0.994. The van der Waals surface area contributed by atoms with Gasteiger partial charge in [-0.25, -0.2) is 0 Å². The predicted octanol–water partition coefficient (Wildman–Crippen LogP) is 2.46. The summed E-state index contributed by atoms with van der Waals surface area (Å²) in [7, 11) is 0. The molecule has 3 heteroatoms. The number of hydrogen-bond acceptors (Lipinski definition) is 2. The Bertz CT molecular complexity index is 635. The van der Waals surface area contributed by atoms with Crippen molar-refractivity contribution in [1.29, 1.82) is 0 Å². The molecule has 2 fully saturated rings. The van der Waals surface area contributed by atoms with Crippen LogP contribution in [0.2, 0.25) is 0 Å². The van der Waals surface area contributed by atoms with Crippen LogP contribution in [0.5, 0.6) is 5.75 Å². The lowest BCUT2D eigenvalue weighted by Crippen LogP contribution is -3.18. The Hall–Kier alpha value is -1.61. The lowest BCUT2D eigenvalue weighted by Gasteiger charge is -2.41. The molecule has 1 unspecified atom stereocenters. The Kier molecular flexibility index (Phi) is 3.98. The molecule has 1 aromatic heterocycles. The van der Waals surface area contributed by atoms with E-state index in [1.54, 1.807) is 0 Å². The van der Waals surface area contributed by atoms with Gasteiger partial charge in [-0.2, -0.15) is 0 Å². The first kappa shape index (κ1) is 14.0. The summed E-state index contributed by atoms with van der Waals surface area (Å²) in [6, 6.07) is 11.1. The number of nitrogens with zero attached hydrogens (tertiary/aromatic N) is 1. The molecule has 3 heterocycles. The number of pyridine rings is 1. The monoisotopic (exact) mass is 297 g/mol. The Morgan fingerprint density at radius 2 is 1.95 bits per heavy atom. The second kappa shape index (κ2) is 6.25. The molecule has 22 heavy (non-hydrogen) atoms. The molecule has 3 nitrogen and oxygen atoms in total. The third-order valence-electron chi connectivity index (χ3n) is 5.48. The van der Waals surface area contributed by atoms with E-state index in [1.165, 1.54) is 45.2 Å². The van der Waals surface area contributed by atoms with E-state index in [-0.39, 0.29) is 0 Å². The number of fused-ring (bicyclic) bond motifs is 2. The molecule has 4 rings (SSSR count). The molecule has 0 amide bonds. The third-order valence-corrected chi connectivity index (χ3v) is 5.48. The van der Waals surface area contributed by atoms with E-state index < -0.39 is 0 Å². The van der Waals surface area contributed by atoms with Gasteiger partial charge in [0.15, 0.2) is 0 Å². The van der Waals surface area contributed by atoms with Crippen molar-refractivity contribution in [3.63, 3.8) is 0 Å². The Balaban J connectivity index is 1.49. The molecule has 3 atom stereocenters. The van der Waals surface area contributed by atoms with Crippen LogP contribution < -0.4 is 9.64 Å². The van der Waals surface area contributed by atoms with Gasteiger partial charge in [0.2, 0.25) is 0 Å². The standard InChI is InChI=1S/C19H24N2O/c1-2-12-21-13-5-8-16(17(21)9-1)14-22-18-10-3-6-15-7-4-11-20-19(15)18/h3-4,6-7,10-11,16-17H,1-2,5,8-9,12-14H2/p+1/t16-,17+/m0/s1. The van der Waals surface area contributed by atoms with E-state index in [1.807, 2.05) is 17.2 Å². The number of quaternary nitrogens is 1. The Labute approximate surface area is 132 Å². The van der Waals surface area contributed by atoms with Gasteiger partial charge in [0.1, 0.15) is 11.3 Å². The van der Waals surface area contributed by atoms with Crippen molar-refractivity contribution in [3.8, 4) is 5.75 Å². The fourth-order valence-corrected chi connectivity index (χ4v) is 4.37. The van der Waals surface area contributed by atoms with Crippen molar-refractivity contribution in [2.75, 3.05) is 19.7 Å². The maximum Gasteiger partial charge on any atom is 0.145 e. The molecule has 1 aromatic carbocycles. The van der Waals surface area contributed by atoms with E-state index in [4.69, 9.17) is 4.74 Å². The van der Waals surface area contributed by atoms with E-state index in [0.29, 0.717) is 5.92 Å². The van der Waals surface area contributed by atoms with Gasteiger partial charge in [-0.15, -0.1) is 0 Å². The largest absolute Gasteiger partial charge is 0.491 e. The molecule has 0 saturated carbocycles. The maximum absolute atomic E-state index is 6.23. The number of para-hydroxylation sites is 1. The van der Waals surface area contributed by atoms with Crippen molar-refractivity contribution >= 4 is 10.9 Å². The SMILES string of the molecule is c1cnc2c(OC[C@@H]3CCC[NH+]4CCCC[C@H]34)cccc2c1. The van der Waals surface area contributed by atoms with Crippen molar-refractivity contribution in [2.24, 2.45) is 5.92 Å². The third kappa shape index (κ3) is 2.70. The van der Waals surface area contributed by atoms with Crippen LogP contribution in [0, 0.1) is 5.92 Å².